The summed E-state index contributed by atoms with van der Waals surface area (Å²) in [6.07, 6.45) is 4.46. The molecule has 126 valence electrons. The lowest BCUT2D eigenvalue weighted by molar-refractivity contribution is 0.584. The van der Waals surface area contributed by atoms with E-state index in [0.717, 1.165) is 25.5 Å². The summed E-state index contributed by atoms with van der Waals surface area (Å²) in [6, 6.07) is 0. The SMILES string of the molecule is CCNC(=NCC1CCCS1)NCCCNS(C)(=O)=O.I. The minimum absolute atomic E-state index is 0. The minimum Gasteiger partial charge on any atom is -0.357 e. The van der Waals surface area contributed by atoms with Crippen molar-refractivity contribution >= 4 is 51.7 Å². The maximum absolute atomic E-state index is 10.9. The van der Waals surface area contributed by atoms with Crippen LogP contribution in [0.3, 0.4) is 0 Å². The van der Waals surface area contributed by atoms with Crippen LogP contribution in [0.2, 0.25) is 0 Å². The molecule has 1 atom stereocenters. The fourth-order valence-corrected chi connectivity index (χ4v) is 3.57. The van der Waals surface area contributed by atoms with Crippen molar-refractivity contribution in [2.45, 2.75) is 31.4 Å². The van der Waals surface area contributed by atoms with E-state index in [2.05, 4.69) is 20.3 Å². The van der Waals surface area contributed by atoms with E-state index in [4.69, 9.17) is 0 Å². The number of hydrogen-bond donors (Lipinski definition) is 3. The van der Waals surface area contributed by atoms with Gasteiger partial charge >= 0.3 is 0 Å². The molecule has 0 amide bonds. The van der Waals surface area contributed by atoms with Gasteiger partial charge in [-0.2, -0.15) is 11.8 Å². The number of halogens is 1. The van der Waals surface area contributed by atoms with Crippen LogP contribution in [0.1, 0.15) is 26.2 Å². The average Bonchev–Trinajstić information content (AvgIpc) is 2.87. The zero-order chi connectivity index (χ0) is 14.8. The van der Waals surface area contributed by atoms with Crippen LogP contribution < -0.4 is 15.4 Å². The maximum Gasteiger partial charge on any atom is 0.208 e. The van der Waals surface area contributed by atoms with Crippen LogP contribution in [-0.2, 0) is 10.0 Å². The van der Waals surface area contributed by atoms with E-state index in [1.807, 2.05) is 18.7 Å². The molecular formula is C12H27IN4O2S2. The van der Waals surface area contributed by atoms with E-state index in [1.54, 1.807) is 0 Å². The smallest absolute Gasteiger partial charge is 0.208 e. The van der Waals surface area contributed by atoms with Gasteiger partial charge in [0.1, 0.15) is 0 Å². The second-order valence-corrected chi connectivity index (χ2v) is 8.04. The first kappa shape index (κ1) is 21.3. The lowest BCUT2D eigenvalue weighted by Crippen LogP contribution is -2.39. The second-order valence-electron chi connectivity index (χ2n) is 4.80. The van der Waals surface area contributed by atoms with Crippen LogP contribution in [0.25, 0.3) is 0 Å². The van der Waals surface area contributed by atoms with Crippen molar-refractivity contribution in [2.24, 2.45) is 4.99 Å². The zero-order valence-electron chi connectivity index (χ0n) is 12.7. The summed E-state index contributed by atoms with van der Waals surface area (Å²) in [5, 5.41) is 7.08. The van der Waals surface area contributed by atoms with Gasteiger partial charge in [0, 0.05) is 24.9 Å². The summed E-state index contributed by atoms with van der Waals surface area (Å²) >= 11 is 2.00. The van der Waals surface area contributed by atoms with E-state index >= 15 is 0 Å². The minimum atomic E-state index is -3.08. The molecule has 1 saturated heterocycles. The van der Waals surface area contributed by atoms with Gasteiger partial charge in [-0.1, -0.05) is 0 Å². The van der Waals surface area contributed by atoms with Gasteiger partial charge in [-0.25, -0.2) is 13.1 Å². The van der Waals surface area contributed by atoms with Gasteiger partial charge in [-0.3, -0.25) is 4.99 Å². The molecule has 1 heterocycles. The molecule has 0 saturated carbocycles. The maximum atomic E-state index is 10.9. The van der Waals surface area contributed by atoms with Crippen LogP contribution in [0.4, 0.5) is 0 Å². The first-order valence-electron chi connectivity index (χ1n) is 7.09. The van der Waals surface area contributed by atoms with Crippen LogP contribution in [0, 0.1) is 0 Å². The Labute approximate surface area is 149 Å². The van der Waals surface area contributed by atoms with Crippen LogP contribution in [0.5, 0.6) is 0 Å². The summed E-state index contributed by atoms with van der Waals surface area (Å²) in [4.78, 5) is 4.58. The van der Waals surface area contributed by atoms with E-state index in [9.17, 15) is 8.42 Å². The molecule has 0 aliphatic carbocycles. The number of sulfonamides is 1. The molecule has 1 aliphatic heterocycles. The predicted molar refractivity (Wildman–Crippen MR) is 102 cm³/mol. The highest BCUT2D eigenvalue weighted by atomic mass is 127. The third-order valence-corrected chi connectivity index (χ3v) is 4.94. The zero-order valence-corrected chi connectivity index (χ0v) is 16.7. The van der Waals surface area contributed by atoms with Crippen molar-refractivity contribution in [1.82, 2.24) is 15.4 Å². The van der Waals surface area contributed by atoms with Gasteiger partial charge in [-0.05, 0) is 31.9 Å². The van der Waals surface area contributed by atoms with Crippen LogP contribution in [-0.4, -0.2) is 57.8 Å². The predicted octanol–water partition coefficient (Wildman–Crippen LogP) is 0.994. The molecule has 0 radical (unpaired) electrons. The molecule has 21 heavy (non-hydrogen) atoms. The first-order chi connectivity index (χ1) is 9.51. The van der Waals surface area contributed by atoms with Crippen LogP contribution >= 0.6 is 35.7 Å². The molecule has 0 bridgehead atoms. The number of nitrogens with zero attached hydrogens (tertiary/aromatic N) is 1. The quantitative estimate of drug-likeness (QED) is 0.223. The molecule has 0 aromatic rings. The lowest BCUT2D eigenvalue weighted by atomic mass is 10.2. The molecule has 1 fully saturated rings. The fraction of sp³-hybridized carbons (Fsp3) is 0.917. The van der Waals surface area contributed by atoms with Crippen molar-refractivity contribution in [3.8, 4) is 0 Å². The molecule has 0 aromatic heterocycles. The average molecular weight is 450 g/mol. The highest BCUT2D eigenvalue weighted by molar-refractivity contribution is 14.0. The summed E-state index contributed by atoms with van der Waals surface area (Å²) in [6.45, 7) is 4.86. The number of hydrogen-bond acceptors (Lipinski definition) is 4. The monoisotopic (exact) mass is 450 g/mol. The van der Waals surface area contributed by atoms with Crippen molar-refractivity contribution < 1.29 is 8.42 Å². The normalized spacial score (nSPS) is 19.1. The lowest BCUT2D eigenvalue weighted by Gasteiger charge is -2.12. The Morgan fingerprint density at radius 3 is 2.67 bits per heavy atom. The third kappa shape index (κ3) is 11.5. The summed E-state index contributed by atoms with van der Waals surface area (Å²) in [5.41, 5.74) is 0. The van der Waals surface area contributed by atoms with Crippen molar-refractivity contribution in [3.05, 3.63) is 0 Å². The number of nitrogens with one attached hydrogen (secondary N) is 3. The molecule has 1 unspecified atom stereocenters. The summed E-state index contributed by atoms with van der Waals surface area (Å²) in [5.74, 6) is 2.07. The Balaban J connectivity index is 0.00000400. The van der Waals surface area contributed by atoms with E-state index in [-0.39, 0.29) is 24.0 Å². The summed E-state index contributed by atoms with van der Waals surface area (Å²) < 4.78 is 24.3. The standard InChI is InChI=1S/C12H26N4O2S2.HI/c1-3-13-12(15-10-11-6-4-9-19-11)14-7-5-8-16-20(2,17)18;/h11,16H,3-10H2,1-2H3,(H2,13,14,15);1H. The highest BCUT2D eigenvalue weighted by Crippen LogP contribution is 2.25. The van der Waals surface area contributed by atoms with Crippen molar-refractivity contribution in [3.63, 3.8) is 0 Å². The number of aliphatic imine (C=N–C) groups is 1. The van der Waals surface area contributed by atoms with Gasteiger partial charge in [-0.15, -0.1) is 24.0 Å². The number of guanidine groups is 1. The first-order valence-corrected chi connectivity index (χ1v) is 10.0. The highest BCUT2D eigenvalue weighted by Gasteiger charge is 2.14. The van der Waals surface area contributed by atoms with Crippen LogP contribution in [0.15, 0.2) is 4.99 Å². The van der Waals surface area contributed by atoms with Gasteiger partial charge in [0.25, 0.3) is 0 Å². The Morgan fingerprint density at radius 1 is 1.33 bits per heavy atom. The Hall–Kier alpha value is 0.260. The molecule has 9 heteroatoms. The fourth-order valence-electron chi connectivity index (χ4n) is 1.88. The molecule has 3 N–H and O–H groups in total. The van der Waals surface area contributed by atoms with Gasteiger partial charge in [0.05, 0.1) is 12.8 Å². The molecular weight excluding hydrogens is 423 g/mol. The molecule has 1 aliphatic rings. The molecule has 0 spiro atoms. The summed E-state index contributed by atoms with van der Waals surface area (Å²) in [7, 11) is -3.08. The third-order valence-electron chi connectivity index (χ3n) is 2.83. The largest absolute Gasteiger partial charge is 0.357 e. The van der Waals surface area contributed by atoms with E-state index in [0.29, 0.717) is 18.3 Å². The van der Waals surface area contributed by atoms with E-state index in [1.165, 1.54) is 24.9 Å². The van der Waals surface area contributed by atoms with E-state index < -0.39 is 10.0 Å². The van der Waals surface area contributed by atoms with Gasteiger partial charge in [0.2, 0.25) is 10.0 Å². The molecule has 6 nitrogen and oxygen atoms in total. The topological polar surface area (TPSA) is 82.6 Å². The van der Waals surface area contributed by atoms with Crippen molar-refractivity contribution in [1.29, 1.82) is 0 Å². The number of rotatable bonds is 8. The van der Waals surface area contributed by atoms with Gasteiger partial charge < -0.3 is 10.6 Å². The number of thioether (sulfide) groups is 1. The molecule has 0 aromatic carbocycles. The Morgan fingerprint density at radius 2 is 2.10 bits per heavy atom. The Kier molecular flexibility index (Phi) is 11.9. The second kappa shape index (κ2) is 11.8. The van der Waals surface area contributed by atoms with Gasteiger partial charge in [0.15, 0.2) is 5.96 Å². The Bertz CT molecular complexity index is 398. The van der Waals surface area contributed by atoms with Crippen molar-refractivity contribution in [2.75, 3.05) is 38.2 Å². The molecule has 1 rings (SSSR count).